The molecule has 0 aliphatic rings. The molecule has 0 saturated carbocycles. The molecular formula is C10H11F3O5PS2+. The molecule has 0 saturated heterocycles. The predicted molar refractivity (Wildman–Crippen MR) is 70.8 cm³/mol. The van der Waals surface area contributed by atoms with Gasteiger partial charge in [0, 0.05) is 4.90 Å². The first kappa shape index (κ1) is 18.4. The molecule has 1 rings (SSSR count). The molecule has 0 aliphatic heterocycles. The lowest BCUT2D eigenvalue weighted by molar-refractivity contribution is -0.140. The van der Waals surface area contributed by atoms with Crippen molar-refractivity contribution in [3.63, 3.8) is 0 Å². The highest BCUT2D eigenvalue weighted by molar-refractivity contribution is 8.00. The van der Waals surface area contributed by atoms with Gasteiger partial charge in [0.05, 0.1) is 5.56 Å². The van der Waals surface area contributed by atoms with Gasteiger partial charge < -0.3 is 0 Å². The second-order valence-electron chi connectivity index (χ2n) is 3.62. The van der Waals surface area contributed by atoms with E-state index in [1.165, 1.54) is 6.07 Å². The summed E-state index contributed by atoms with van der Waals surface area (Å²) in [7, 11) is -7.76. The van der Waals surface area contributed by atoms with E-state index in [9.17, 15) is 26.2 Å². The molecule has 0 fully saturated rings. The molecule has 1 atom stereocenters. The number of thioether (sulfide) groups is 1. The summed E-state index contributed by atoms with van der Waals surface area (Å²) in [6.07, 6.45) is -5.99. The summed E-state index contributed by atoms with van der Waals surface area (Å²) in [5, 5.41) is 0. The van der Waals surface area contributed by atoms with Crippen LogP contribution in [0, 0.1) is 0 Å². The maximum atomic E-state index is 13.0. The lowest BCUT2D eigenvalue weighted by Gasteiger charge is -2.15. The predicted octanol–water partition coefficient (Wildman–Crippen LogP) is 3.21. The van der Waals surface area contributed by atoms with Crippen molar-refractivity contribution in [1.82, 2.24) is 0 Å². The zero-order valence-corrected chi connectivity index (χ0v) is 13.2. The normalized spacial score (nSPS) is 13.3. The SMILES string of the molecule is CCSc1cccc(C(F)(F)F)c1S(=O)(=O)OC[P+](=O)O. The van der Waals surface area contributed by atoms with Gasteiger partial charge in [-0.2, -0.15) is 26.5 Å². The van der Waals surface area contributed by atoms with Crippen LogP contribution in [0.5, 0.6) is 0 Å². The van der Waals surface area contributed by atoms with Crippen LogP contribution in [0.25, 0.3) is 0 Å². The topological polar surface area (TPSA) is 80.7 Å². The van der Waals surface area contributed by atoms with Gasteiger partial charge in [-0.25, -0.2) is 4.18 Å². The number of alkyl halides is 3. The van der Waals surface area contributed by atoms with Gasteiger partial charge in [-0.05, 0) is 22.5 Å². The van der Waals surface area contributed by atoms with E-state index in [0.717, 1.165) is 17.8 Å². The highest BCUT2D eigenvalue weighted by Crippen LogP contribution is 2.40. The molecular weight excluding hydrogens is 352 g/mol. The number of rotatable bonds is 6. The fraction of sp³-hybridized carbons (Fsp3) is 0.400. The van der Waals surface area contributed by atoms with Crippen molar-refractivity contribution in [2.45, 2.75) is 22.9 Å². The summed E-state index contributed by atoms with van der Waals surface area (Å²) >= 11 is 0.899. The van der Waals surface area contributed by atoms with Crippen molar-refractivity contribution in [2.24, 2.45) is 0 Å². The van der Waals surface area contributed by atoms with Crippen LogP contribution in [-0.4, -0.2) is 25.4 Å². The van der Waals surface area contributed by atoms with E-state index >= 15 is 0 Å². The molecule has 0 amide bonds. The first-order valence-electron chi connectivity index (χ1n) is 5.45. The van der Waals surface area contributed by atoms with E-state index in [-0.39, 0.29) is 4.90 Å². The Labute approximate surface area is 124 Å². The quantitative estimate of drug-likeness (QED) is 0.475. The smallest absolute Gasteiger partial charge is 0.213 e. The zero-order chi connectivity index (χ0) is 16.3. The fourth-order valence-electron chi connectivity index (χ4n) is 1.44. The Bertz CT molecular complexity index is 630. The fourth-order valence-corrected chi connectivity index (χ4v) is 4.45. The first-order chi connectivity index (χ1) is 9.59. The lowest BCUT2D eigenvalue weighted by atomic mass is 10.2. The van der Waals surface area contributed by atoms with Gasteiger partial charge >= 0.3 is 24.3 Å². The Kier molecular flexibility index (Phi) is 6.18. The second kappa shape index (κ2) is 7.06. The van der Waals surface area contributed by atoms with Crippen LogP contribution in [0.1, 0.15) is 12.5 Å². The Hall–Kier alpha value is -0.670. The number of halogens is 3. The lowest BCUT2D eigenvalue weighted by Crippen LogP contribution is -2.16. The van der Waals surface area contributed by atoms with Gasteiger partial charge in [-0.15, -0.1) is 11.8 Å². The first-order valence-corrected chi connectivity index (χ1v) is 9.24. The third kappa shape index (κ3) is 4.93. The van der Waals surface area contributed by atoms with Crippen LogP contribution in [0.3, 0.4) is 0 Å². The molecule has 1 N–H and O–H groups in total. The Balaban J connectivity index is 3.46. The minimum absolute atomic E-state index is 0.125. The molecule has 0 bridgehead atoms. The molecule has 0 radical (unpaired) electrons. The van der Waals surface area contributed by atoms with E-state index in [0.29, 0.717) is 11.8 Å². The van der Waals surface area contributed by atoms with Crippen molar-refractivity contribution in [2.75, 3.05) is 12.1 Å². The van der Waals surface area contributed by atoms with Crippen LogP contribution < -0.4 is 0 Å². The largest absolute Gasteiger partial charge is 0.535 e. The molecule has 1 aromatic rings. The molecule has 0 aromatic heterocycles. The third-order valence-corrected chi connectivity index (χ3v) is 5.11. The number of benzene rings is 1. The molecule has 1 unspecified atom stereocenters. The van der Waals surface area contributed by atoms with Crippen molar-refractivity contribution in [3.8, 4) is 0 Å². The molecule has 11 heteroatoms. The minimum Gasteiger partial charge on any atom is -0.213 e. The molecule has 0 aliphatic carbocycles. The molecule has 0 spiro atoms. The Morgan fingerprint density at radius 3 is 2.48 bits per heavy atom. The monoisotopic (exact) mass is 363 g/mol. The van der Waals surface area contributed by atoms with E-state index in [1.54, 1.807) is 6.92 Å². The number of hydrogen-bond donors (Lipinski definition) is 1. The average molecular weight is 363 g/mol. The maximum Gasteiger partial charge on any atom is 0.535 e. The van der Waals surface area contributed by atoms with Crippen molar-refractivity contribution < 1.29 is 35.2 Å². The molecule has 5 nitrogen and oxygen atoms in total. The van der Waals surface area contributed by atoms with Crippen LogP contribution in [0.2, 0.25) is 0 Å². The van der Waals surface area contributed by atoms with E-state index < -0.39 is 41.1 Å². The van der Waals surface area contributed by atoms with Gasteiger partial charge in [0.1, 0.15) is 4.90 Å². The molecule has 0 heterocycles. The summed E-state index contributed by atoms with van der Waals surface area (Å²) in [6, 6.07) is 2.93. The molecule has 118 valence electrons. The number of hydrogen-bond acceptors (Lipinski definition) is 5. The van der Waals surface area contributed by atoms with Crippen LogP contribution >= 0.6 is 19.8 Å². The Morgan fingerprint density at radius 1 is 1.38 bits per heavy atom. The Morgan fingerprint density at radius 2 is 2.00 bits per heavy atom. The van der Waals surface area contributed by atoms with Gasteiger partial charge in [0.25, 0.3) is 6.35 Å². The average Bonchev–Trinajstić information content (AvgIpc) is 2.35. The summed E-state index contributed by atoms with van der Waals surface area (Å²) in [4.78, 5) is 7.41. The van der Waals surface area contributed by atoms with E-state index in [2.05, 4.69) is 4.18 Å². The van der Waals surface area contributed by atoms with E-state index in [4.69, 9.17) is 4.89 Å². The van der Waals surface area contributed by atoms with Crippen molar-refractivity contribution in [1.29, 1.82) is 0 Å². The molecule has 1 aromatic carbocycles. The van der Waals surface area contributed by atoms with E-state index in [1.807, 2.05) is 0 Å². The van der Waals surface area contributed by atoms with Crippen molar-refractivity contribution in [3.05, 3.63) is 23.8 Å². The van der Waals surface area contributed by atoms with Crippen molar-refractivity contribution >= 4 is 29.9 Å². The van der Waals surface area contributed by atoms with Crippen LogP contribution in [0.15, 0.2) is 28.0 Å². The highest BCUT2D eigenvalue weighted by Gasteiger charge is 2.40. The minimum atomic E-state index is -4.89. The summed E-state index contributed by atoms with van der Waals surface area (Å²) in [5.74, 6) is 0.345. The van der Waals surface area contributed by atoms with Gasteiger partial charge in [0.15, 0.2) is 0 Å². The maximum absolute atomic E-state index is 13.0. The second-order valence-corrected chi connectivity index (χ2v) is 7.44. The van der Waals surface area contributed by atoms with Gasteiger partial charge in [-0.1, -0.05) is 13.0 Å². The zero-order valence-electron chi connectivity index (χ0n) is 10.6. The summed E-state index contributed by atoms with van der Waals surface area (Å²) in [5.41, 5.74) is -1.37. The highest BCUT2D eigenvalue weighted by atomic mass is 32.2. The van der Waals surface area contributed by atoms with Gasteiger partial charge in [-0.3, -0.25) is 0 Å². The third-order valence-electron chi connectivity index (χ3n) is 2.15. The summed E-state index contributed by atoms with van der Waals surface area (Å²) < 4.78 is 77.5. The van der Waals surface area contributed by atoms with Crippen LogP contribution in [-0.2, 0) is 25.0 Å². The standard InChI is InChI=1S/C10H10F3O5PS2/c1-2-20-8-5-3-4-7(10(11,12)13)9(8)21(16,17)18-6-19(14)15/h3-5H,2,6H2,1H3/p+1. The molecule has 21 heavy (non-hydrogen) atoms. The van der Waals surface area contributed by atoms with Crippen LogP contribution in [0.4, 0.5) is 13.2 Å². The van der Waals surface area contributed by atoms with Gasteiger partial charge in [0.2, 0.25) is 0 Å². The summed E-state index contributed by atoms with van der Waals surface area (Å²) in [6.45, 7) is 1.65.